The Balaban J connectivity index is 2.14. The van der Waals surface area contributed by atoms with E-state index < -0.39 is 4.92 Å². The summed E-state index contributed by atoms with van der Waals surface area (Å²) in [4.78, 5) is 14.4. The van der Waals surface area contributed by atoms with E-state index in [1.807, 2.05) is 0 Å². The van der Waals surface area contributed by atoms with Gasteiger partial charge >= 0.3 is 0 Å². The van der Waals surface area contributed by atoms with Gasteiger partial charge in [0.2, 0.25) is 5.96 Å². The van der Waals surface area contributed by atoms with Crippen LogP contribution >= 0.6 is 11.6 Å². The van der Waals surface area contributed by atoms with Crippen molar-refractivity contribution in [2.75, 3.05) is 13.1 Å². The van der Waals surface area contributed by atoms with Gasteiger partial charge in [-0.2, -0.15) is 5.10 Å². The highest BCUT2D eigenvalue weighted by atomic mass is 35.5. The minimum absolute atomic E-state index is 0.0498. The van der Waals surface area contributed by atoms with Gasteiger partial charge in [0.25, 0.3) is 5.69 Å². The number of hydrogen-bond donors (Lipinski definition) is 2. The quantitative estimate of drug-likeness (QED) is 0.488. The zero-order chi connectivity index (χ0) is 13.0. The highest BCUT2D eigenvalue weighted by molar-refractivity contribution is 6.31. The molecule has 1 heterocycles. The molecule has 0 amide bonds. The number of hydrogen-bond acceptors (Lipinski definition) is 6. The molecule has 0 radical (unpaired) electrons. The smallest absolute Gasteiger partial charge is 0.278 e. The van der Waals surface area contributed by atoms with Crippen molar-refractivity contribution in [2.24, 2.45) is 10.1 Å². The molecule has 2 N–H and O–H groups in total. The molecule has 1 aliphatic heterocycles. The molecule has 0 unspecified atom stereocenters. The van der Waals surface area contributed by atoms with E-state index in [1.54, 1.807) is 0 Å². The van der Waals surface area contributed by atoms with Crippen LogP contribution in [0.4, 0.5) is 5.69 Å². The number of guanidine groups is 1. The molecule has 8 heteroatoms. The van der Waals surface area contributed by atoms with Crippen molar-refractivity contribution in [3.63, 3.8) is 0 Å². The molecule has 0 spiro atoms. The Morgan fingerprint density at radius 3 is 3.11 bits per heavy atom. The summed E-state index contributed by atoms with van der Waals surface area (Å²) in [6.07, 6.45) is 1.34. The van der Waals surface area contributed by atoms with Crippen LogP contribution in [0.25, 0.3) is 0 Å². The number of rotatable bonds is 3. The number of aliphatic imine (C=N–C) groups is 1. The molecule has 0 fully saturated rings. The lowest BCUT2D eigenvalue weighted by molar-refractivity contribution is -0.385. The predicted molar refractivity (Wildman–Crippen MR) is 69.1 cm³/mol. The van der Waals surface area contributed by atoms with Gasteiger partial charge in [0.15, 0.2) is 0 Å². The molecule has 0 aliphatic carbocycles. The van der Waals surface area contributed by atoms with E-state index in [4.69, 9.17) is 11.6 Å². The Labute approximate surface area is 108 Å². The van der Waals surface area contributed by atoms with Gasteiger partial charge in [0, 0.05) is 17.6 Å². The number of hydrazone groups is 1. The summed E-state index contributed by atoms with van der Waals surface area (Å²) in [6, 6.07) is 4.29. The zero-order valence-electron chi connectivity index (χ0n) is 9.26. The van der Waals surface area contributed by atoms with E-state index in [1.165, 1.54) is 24.4 Å². The zero-order valence-corrected chi connectivity index (χ0v) is 10.0. The molecule has 18 heavy (non-hydrogen) atoms. The fraction of sp³-hybridized carbons (Fsp3) is 0.200. The van der Waals surface area contributed by atoms with Gasteiger partial charge in [-0.25, -0.2) is 10.4 Å². The van der Waals surface area contributed by atoms with Crippen LogP contribution in [0.1, 0.15) is 5.56 Å². The molecule has 2 rings (SSSR count). The van der Waals surface area contributed by atoms with Crippen LogP contribution < -0.4 is 10.7 Å². The summed E-state index contributed by atoms with van der Waals surface area (Å²) >= 11 is 5.79. The molecule has 0 atom stereocenters. The summed E-state index contributed by atoms with van der Waals surface area (Å²) < 4.78 is 0. The minimum atomic E-state index is -0.483. The van der Waals surface area contributed by atoms with Crippen LogP contribution in [0.5, 0.6) is 0 Å². The lowest BCUT2D eigenvalue weighted by Gasteiger charge is -2.00. The average Bonchev–Trinajstić information content (AvgIpc) is 2.82. The SMILES string of the molecule is O=[N+]([O-])c1ccc(Cl)cc1/C=N/NC1=NCCN1. The number of nitro groups is 1. The van der Waals surface area contributed by atoms with Crippen LogP contribution in [0.15, 0.2) is 28.3 Å². The van der Waals surface area contributed by atoms with Crippen molar-refractivity contribution in [3.05, 3.63) is 38.9 Å². The van der Waals surface area contributed by atoms with Gasteiger partial charge < -0.3 is 5.32 Å². The Bertz CT molecular complexity index is 529. The summed E-state index contributed by atoms with van der Waals surface area (Å²) in [7, 11) is 0. The van der Waals surface area contributed by atoms with E-state index in [2.05, 4.69) is 20.8 Å². The predicted octanol–water partition coefficient (Wildman–Crippen LogP) is 1.13. The minimum Gasteiger partial charge on any atom is -0.353 e. The molecular weight excluding hydrogens is 258 g/mol. The van der Waals surface area contributed by atoms with Crippen molar-refractivity contribution in [1.82, 2.24) is 10.7 Å². The summed E-state index contributed by atoms with van der Waals surface area (Å²) in [6.45, 7) is 1.45. The molecule has 1 aromatic rings. The first-order chi connectivity index (χ1) is 8.66. The van der Waals surface area contributed by atoms with Crippen LogP contribution in [-0.4, -0.2) is 30.2 Å². The third kappa shape index (κ3) is 2.95. The third-order valence-electron chi connectivity index (χ3n) is 2.23. The Hall–Kier alpha value is -2.15. The van der Waals surface area contributed by atoms with Gasteiger partial charge in [0.1, 0.15) is 0 Å². The first-order valence-corrected chi connectivity index (χ1v) is 5.56. The number of benzene rings is 1. The van der Waals surface area contributed by atoms with Gasteiger partial charge in [-0.05, 0) is 12.1 Å². The maximum absolute atomic E-state index is 10.8. The summed E-state index contributed by atoms with van der Waals surface area (Å²) in [5.41, 5.74) is 2.94. The van der Waals surface area contributed by atoms with Crippen LogP contribution in [0, 0.1) is 10.1 Å². The molecule has 0 aromatic heterocycles. The second-order valence-corrected chi connectivity index (χ2v) is 3.92. The van der Waals surface area contributed by atoms with Crippen molar-refractivity contribution in [3.8, 4) is 0 Å². The molecular formula is C10H10ClN5O2. The van der Waals surface area contributed by atoms with Crippen molar-refractivity contribution < 1.29 is 4.92 Å². The number of nitrogens with one attached hydrogen (secondary N) is 2. The standard InChI is InChI=1S/C10H10ClN5O2/c11-8-1-2-9(16(17)18)7(5-8)6-14-15-10-12-3-4-13-10/h1-2,5-6H,3-4H2,(H2,12,13,15)/b14-6+. The molecule has 1 aromatic carbocycles. The first-order valence-electron chi connectivity index (χ1n) is 5.18. The molecule has 0 saturated carbocycles. The monoisotopic (exact) mass is 267 g/mol. The fourth-order valence-corrected chi connectivity index (χ4v) is 1.61. The molecule has 7 nitrogen and oxygen atoms in total. The first kappa shape index (κ1) is 12.3. The highest BCUT2D eigenvalue weighted by Crippen LogP contribution is 2.20. The van der Waals surface area contributed by atoms with E-state index in [-0.39, 0.29) is 5.69 Å². The maximum atomic E-state index is 10.8. The van der Waals surface area contributed by atoms with Gasteiger partial charge in [-0.1, -0.05) is 11.6 Å². The highest BCUT2D eigenvalue weighted by Gasteiger charge is 2.12. The lowest BCUT2D eigenvalue weighted by atomic mass is 10.2. The molecule has 1 aliphatic rings. The average molecular weight is 268 g/mol. The van der Waals surface area contributed by atoms with E-state index >= 15 is 0 Å². The largest absolute Gasteiger partial charge is 0.353 e. The topological polar surface area (TPSA) is 91.9 Å². The number of nitrogens with zero attached hydrogens (tertiary/aromatic N) is 3. The normalized spacial score (nSPS) is 14.4. The van der Waals surface area contributed by atoms with Crippen LogP contribution in [0.2, 0.25) is 5.02 Å². The summed E-state index contributed by atoms with van der Waals surface area (Å²) in [5, 5.41) is 18.0. The summed E-state index contributed by atoms with van der Waals surface area (Å²) in [5.74, 6) is 0.552. The molecule has 94 valence electrons. The Kier molecular flexibility index (Phi) is 3.73. The van der Waals surface area contributed by atoms with Crippen LogP contribution in [0.3, 0.4) is 0 Å². The van der Waals surface area contributed by atoms with E-state index in [0.29, 0.717) is 23.1 Å². The van der Waals surface area contributed by atoms with Gasteiger partial charge in [0.05, 0.1) is 23.2 Å². The van der Waals surface area contributed by atoms with Crippen molar-refractivity contribution in [2.45, 2.75) is 0 Å². The van der Waals surface area contributed by atoms with Gasteiger partial charge in [-0.3, -0.25) is 10.1 Å². The second kappa shape index (κ2) is 5.46. The fourth-order valence-electron chi connectivity index (χ4n) is 1.43. The lowest BCUT2D eigenvalue weighted by Crippen LogP contribution is -2.30. The third-order valence-corrected chi connectivity index (χ3v) is 2.47. The molecule has 0 saturated heterocycles. The van der Waals surface area contributed by atoms with E-state index in [0.717, 1.165) is 6.54 Å². The van der Waals surface area contributed by atoms with Crippen molar-refractivity contribution in [1.29, 1.82) is 0 Å². The molecule has 0 bridgehead atoms. The second-order valence-electron chi connectivity index (χ2n) is 3.49. The Morgan fingerprint density at radius 2 is 2.44 bits per heavy atom. The van der Waals surface area contributed by atoms with Gasteiger partial charge in [-0.15, -0.1) is 0 Å². The van der Waals surface area contributed by atoms with Crippen LogP contribution in [-0.2, 0) is 0 Å². The van der Waals surface area contributed by atoms with Crippen molar-refractivity contribution >= 4 is 29.5 Å². The number of halogens is 1. The number of nitro benzene ring substituents is 1. The Morgan fingerprint density at radius 1 is 1.61 bits per heavy atom. The van der Waals surface area contributed by atoms with E-state index in [9.17, 15) is 10.1 Å². The maximum Gasteiger partial charge on any atom is 0.278 e.